The molecule has 2 atom stereocenters. The predicted octanol–water partition coefficient (Wildman–Crippen LogP) is 2.93. The molecular weight excluding hydrogens is 352 g/mol. The van der Waals surface area contributed by atoms with Gasteiger partial charge < -0.3 is 20.7 Å². The molecule has 6 heteroatoms. The molecule has 2 unspecified atom stereocenters. The van der Waals surface area contributed by atoms with E-state index in [0.29, 0.717) is 25.4 Å². The van der Waals surface area contributed by atoms with E-state index >= 15 is 0 Å². The molecule has 1 fully saturated rings. The van der Waals surface area contributed by atoms with Crippen LogP contribution >= 0.6 is 0 Å². The number of hydrogen-bond acceptors (Lipinski definition) is 3. The fourth-order valence-corrected chi connectivity index (χ4v) is 3.35. The van der Waals surface area contributed by atoms with Crippen molar-refractivity contribution in [1.82, 2.24) is 16.0 Å². The Morgan fingerprint density at radius 3 is 2.64 bits per heavy atom. The van der Waals surface area contributed by atoms with Gasteiger partial charge in [0.05, 0.1) is 6.10 Å². The molecule has 28 heavy (non-hydrogen) atoms. The largest absolute Gasteiger partial charge is 0.373 e. The molecule has 2 rings (SSSR count). The van der Waals surface area contributed by atoms with E-state index in [1.165, 1.54) is 11.1 Å². The molecule has 0 aliphatic carbocycles. The third-order valence-corrected chi connectivity index (χ3v) is 4.90. The van der Waals surface area contributed by atoms with E-state index in [1.54, 1.807) is 0 Å². The molecule has 1 aliphatic heterocycles. The number of guanidine groups is 1. The van der Waals surface area contributed by atoms with Crippen molar-refractivity contribution in [2.24, 2.45) is 10.9 Å². The van der Waals surface area contributed by atoms with Crippen molar-refractivity contribution in [1.29, 1.82) is 0 Å². The second-order valence-electron chi connectivity index (χ2n) is 7.35. The van der Waals surface area contributed by atoms with E-state index in [4.69, 9.17) is 9.73 Å². The number of carbonyl (C=O) groups is 1. The lowest BCUT2D eigenvalue weighted by Gasteiger charge is -2.31. The molecule has 3 N–H and O–H groups in total. The minimum absolute atomic E-state index is 0.0744. The lowest BCUT2D eigenvalue weighted by molar-refractivity contribution is -0.120. The van der Waals surface area contributed by atoms with Crippen LogP contribution in [0.15, 0.2) is 29.3 Å². The van der Waals surface area contributed by atoms with Crippen molar-refractivity contribution in [3.05, 3.63) is 35.4 Å². The first-order chi connectivity index (χ1) is 13.6. The van der Waals surface area contributed by atoms with Gasteiger partial charge in [-0.3, -0.25) is 9.79 Å². The number of carbonyl (C=O) groups excluding carboxylic acids is 1. The van der Waals surface area contributed by atoms with Crippen LogP contribution in [-0.4, -0.2) is 44.7 Å². The highest BCUT2D eigenvalue weighted by molar-refractivity contribution is 5.81. The highest BCUT2D eigenvalue weighted by Gasteiger charge is 2.27. The van der Waals surface area contributed by atoms with Crippen LogP contribution in [0, 0.1) is 12.8 Å². The molecular formula is C22H36N4O2. The Morgan fingerprint density at radius 2 is 1.93 bits per heavy atom. The number of aryl methyl sites for hydroxylation is 1. The average molecular weight is 389 g/mol. The van der Waals surface area contributed by atoms with E-state index in [-0.39, 0.29) is 12.0 Å². The number of amides is 1. The molecule has 6 nitrogen and oxygen atoms in total. The summed E-state index contributed by atoms with van der Waals surface area (Å²) in [5.74, 6) is 1.20. The Morgan fingerprint density at radius 1 is 1.14 bits per heavy atom. The standard InChI is InChI=1S/C22H36N4O2/c1-4-13-24-20(27)12-14-25-22(23-5-2)26-16-19-7-6-15-28-21(19)18-10-8-17(3)9-11-18/h8-11,19,21H,4-7,12-16H2,1-3H3,(H,24,27)(H2,23,25,26). The van der Waals surface area contributed by atoms with Crippen molar-refractivity contribution < 1.29 is 9.53 Å². The summed E-state index contributed by atoms with van der Waals surface area (Å²) in [5, 5.41) is 9.43. The molecule has 1 amide bonds. The maximum atomic E-state index is 11.7. The van der Waals surface area contributed by atoms with Gasteiger partial charge in [0.1, 0.15) is 0 Å². The van der Waals surface area contributed by atoms with Crippen LogP contribution in [0.3, 0.4) is 0 Å². The topological polar surface area (TPSA) is 74.8 Å². The molecule has 0 radical (unpaired) electrons. The van der Waals surface area contributed by atoms with Crippen molar-refractivity contribution in [3.63, 3.8) is 0 Å². The first kappa shape index (κ1) is 22.2. The monoisotopic (exact) mass is 388 g/mol. The summed E-state index contributed by atoms with van der Waals surface area (Å²) in [6.07, 6.45) is 3.68. The summed E-state index contributed by atoms with van der Waals surface area (Å²) in [5.41, 5.74) is 2.49. The van der Waals surface area contributed by atoms with Crippen LogP contribution < -0.4 is 16.0 Å². The van der Waals surface area contributed by atoms with Gasteiger partial charge in [-0.2, -0.15) is 0 Å². The molecule has 1 heterocycles. The summed E-state index contributed by atoms with van der Waals surface area (Å²) in [7, 11) is 0. The van der Waals surface area contributed by atoms with Gasteiger partial charge in [0.15, 0.2) is 5.96 Å². The number of benzene rings is 1. The summed E-state index contributed by atoms with van der Waals surface area (Å²) in [6.45, 7) is 9.80. The fraction of sp³-hybridized carbons (Fsp3) is 0.636. The molecule has 1 aliphatic rings. The van der Waals surface area contributed by atoms with Crippen molar-refractivity contribution in [2.45, 2.75) is 52.6 Å². The third kappa shape index (κ3) is 7.50. The fourth-order valence-electron chi connectivity index (χ4n) is 3.35. The number of nitrogens with zero attached hydrogens (tertiary/aromatic N) is 1. The maximum Gasteiger partial charge on any atom is 0.221 e. The van der Waals surface area contributed by atoms with Gasteiger partial charge in [-0.25, -0.2) is 0 Å². The van der Waals surface area contributed by atoms with Crippen molar-refractivity contribution in [3.8, 4) is 0 Å². The van der Waals surface area contributed by atoms with E-state index in [1.807, 2.05) is 13.8 Å². The number of ether oxygens (including phenoxy) is 1. The normalized spacial score (nSPS) is 19.9. The van der Waals surface area contributed by atoms with Gasteiger partial charge in [0, 0.05) is 45.1 Å². The second kappa shape index (κ2) is 12.4. The minimum Gasteiger partial charge on any atom is -0.373 e. The van der Waals surface area contributed by atoms with Gasteiger partial charge >= 0.3 is 0 Å². The highest BCUT2D eigenvalue weighted by Crippen LogP contribution is 2.33. The van der Waals surface area contributed by atoms with Crippen LogP contribution in [0.5, 0.6) is 0 Å². The smallest absolute Gasteiger partial charge is 0.221 e. The molecule has 0 saturated carbocycles. The zero-order valence-corrected chi connectivity index (χ0v) is 17.6. The van der Waals surface area contributed by atoms with E-state index in [2.05, 4.69) is 47.1 Å². The molecule has 0 aromatic heterocycles. The molecule has 0 bridgehead atoms. The third-order valence-electron chi connectivity index (χ3n) is 4.90. The number of nitrogens with one attached hydrogen (secondary N) is 3. The van der Waals surface area contributed by atoms with Crippen LogP contribution in [0.1, 0.15) is 56.8 Å². The Labute approximate surface area is 169 Å². The van der Waals surface area contributed by atoms with Crippen molar-refractivity contribution >= 4 is 11.9 Å². The lowest BCUT2D eigenvalue weighted by Crippen LogP contribution is -2.40. The van der Waals surface area contributed by atoms with Gasteiger partial charge in [-0.05, 0) is 38.7 Å². The minimum atomic E-state index is 0.0744. The quantitative estimate of drug-likeness (QED) is 0.449. The summed E-state index contributed by atoms with van der Waals surface area (Å²) in [4.78, 5) is 16.5. The number of rotatable bonds is 9. The lowest BCUT2D eigenvalue weighted by atomic mass is 9.89. The van der Waals surface area contributed by atoms with Crippen LogP contribution in [0.4, 0.5) is 0 Å². The molecule has 156 valence electrons. The molecule has 1 saturated heterocycles. The van der Waals surface area contributed by atoms with E-state index < -0.39 is 0 Å². The summed E-state index contributed by atoms with van der Waals surface area (Å²) >= 11 is 0. The first-order valence-corrected chi connectivity index (χ1v) is 10.6. The molecule has 1 aromatic rings. The summed E-state index contributed by atoms with van der Waals surface area (Å²) in [6, 6.07) is 8.62. The van der Waals surface area contributed by atoms with E-state index in [0.717, 1.165) is 44.9 Å². The Kier molecular flexibility index (Phi) is 9.83. The van der Waals surface area contributed by atoms with Gasteiger partial charge in [0.25, 0.3) is 0 Å². The van der Waals surface area contributed by atoms with Crippen LogP contribution in [0.2, 0.25) is 0 Å². The van der Waals surface area contributed by atoms with Gasteiger partial charge in [0.2, 0.25) is 5.91 Å². The molecule has 0 spiro atoms. The Balaban J connectivity index is 1.91. The predicted molar refractivity (Wildman–Crippen MR) is 114 cm³/mol. The van der Waals surface area contributed by atoms with E-state index in [9.17, 15) is 4.79 Å². The SMILES string of the molecule is CCCNC(=O)CCNC(=NCC1CCCOC1c1ccc(C)cc1)NCC. The Bertz CT molecular complexity index is 615. The second-order valence-corrected chi connectivity index (χ2v) is 7.35. The zero-order chi connectivity index (χ0) is 20.2. The van der Waals surface area contributed by atoms with Gasteiger partial charge in [-0.15, -0.1) is 0 Å². The molecule has 1 aromatic carbocycles. The van der Waals surface area contributed by atoms with Crippen LogP contribution in [-0.2, 0) is 9.53 Å². The number of aliphatic imine (C=N–C) groups is 1. The average Bonchev–Trinajstić information content (AvgIpc) is 2.71. The number of hydrogen-bond donors (Lipinski definition) is 3. The van der Waals surface area contributed by atoms with Gasteiger partial charge in [-0.1, -0.05) is 36.8 Å². The first-order valence-electron chi connectivity index (χ1n) is 10.6. The Hall–Kier alpha value is -2.08. The zero-order valence-electron chi connectivity index (χ0n) is 17.6. The highest BCUT2D eigenvalue weighted by atomic mass is 16.5. The van der Waals surface area contributed by atoms with Crippen LogP contribution in [0.25, 0.3) is 0 Å². The van der Waals surface area contributed by atoms with Crippen molar-refractivity contribution in [2.75, 3.05) is 32.8 Å². The summed E-state index contributed by atoms with van der Waals surface area (Å²) < 4.78 is 6.10. The maximum absolute atomic E-state index is 11.7.